The lowest BCUT2D eigenvalue weighted by Crippen LogP contribution is -2.37. The number of nitro groups is 1. The molecule has 0 spiro atoms. The fourth-order valence-electron chi connectivity index (χ4n) is 1.69. The molecule has 1 atom stereocenters. The molecular weight excluding hydrogens is 272 g/mol. The quantitative estimate of drug-likeness (QED) is 0.642. The van der Waals surface area contributed by atoms with Crippen molar-refractivity contribution in [2.45, 2.75) is 26.3 Å². The van der Waals surface area contributed by atoms with Crippen LogP contribution in [0.1, 0.15) is 20.3 Å². The van der Waals surface area contributed by atoms with Crippen LogP contribution in [0, 0.1) is 10.1 Å². The number of hydrogen-bond acceptors (Lipinski definition) is 4. The Morgan fingerprint density at radius 1 is 1.58 bits per heavy atom. The average molecular weight is 287 g/mol. The highest BCUT2D eigenvalue weighted by Crippen LogP contribution is 2.31. The predicted octanol–water partition coefficient (Wildman–Crippen LogP) is 2.94. The minimum Gasteiger partial charge on any atom is -0.480 e. The molecule has 0 saturated carbocycles. The lowest BCUT2D eigenvalue weighted by molar-refractivity contribution is -0.384. The number of aliphatic carboxylic acids is 1. The van der Waals surface area contributed by atoms with Crippen LogP contribution < -0.4 is 4.90 Å². The zero-order valence-electron chi connectivity index (χ0n) is 10.7. The third-order valence-electron chi connectivity index (χ3n) is 2.88. The molecule has 0 aliphatic heterocycles. The Balaban J connectivity index is 3.15. The lowest BCUT2D eigenvalue weighted by atomic mass is 10.1. The lowest BCUT2D eigenvalue weighted by Gasteiger charge is -2.29. The van der Waals surface area contributed by atoms with Gasteiger partial charge in [-0.3, -0.25) is 14.9 Å². The SMILES string of the molecule is CCC(C)N(CC(=O)O)c1ccc([N+](=O)[O-])cc1Cl. The molecule has 0 heterocycles. The van der Waals surface area contributed by atoms with Crippen LogP contribution in [0.25, 0.3) is 0 Å². The van der Waals surface area contributed by atoms with E-state index in [1.165, 1.54) is 18.2 Å². The largest absolute Gasteiger partial charge is 0.480 e. The van der Waals surface area contributed by atoms with Gasteiger partial charge in [-0.2, -0.15) is 0 Å². The number of nitro benzene ring substituents is 1. The summed E-state index contributed by atoms with van der Waals surface area (Å²) in [5.74, 6) is -0.977. The van der Waals surface area contributed by atoms with Crippen molar-refractivity contribution in [3.05, 3.63) is 33.3 Å². The van der Waals surface area contributed by atoms with Crippen LogP contribution in [-0.2, 0) is 4.79 Å². The fourth-order valence-corrected chi connectivity index (χ4v) is 1.97. The molecule has 104 valence electrons. The van der Waals surface area contributed by atoms with Gasteiger partial charge < -0.3 is 10.0 Å². The molecule has 1 aromatic carbocycles. The summed E-state index contributed by atoms with van der Waals surface area (Å²) in [6.07, 6.45) is 0.737. The number of rotatable bonds is 6. The zero-order chi connectivity index (χ0) is 14.6. The second kappa shape index (κ2) is 6.38. The monoisotopic (exact) mass is 286 g/mol. The van der Waals surface area contributed by atoms with Gasteiger partial charge in [-0.1, -0.05) is 18.5 Å². The van der Waals surface area contributed by atoms with E-state index >= 15 is 0 Å². The molecule has 1 N–H and O–H groups in total. The van der Waals surface area contributed by atoms with Crippen molar-refractivity contribution < 1.29 is 14.8 Å². The number of benzene rings is 1. The summed E-state index contributed by atoms with van der Waals surface area (Å²) in [4.78, 5) is 22.6. The van der Waals surface area contributed by atoms with E-state index in [-0.39, 0.29) is 23.3 Å². The molecule has 1 aromatic rings. The van der Waals surface area contributed by atoms with Crippen LogP contribution in [0.15, 0.2) is 18.2 Å². The maximum atomic E-state index is 10.9. The number of anilines is 1. The van der Waals surface area contributed by atoms with Crippen molar-refractivity contribution in [1.82, 2.24) is 0 Å². The molecule has 0 saturated heterocycles. The average Bonchev–Trinajstić information content (AvgIpc) is 2.35. The van der Waals surface area contributed by atoms with Gasteiger partial charge in [0.2, 0.25) is 0 Å². The van der Waals surface area contributed by atoms with E-state index in [0.717, 1.165) is 6.42 Å². The number of carboxylic acids is 1. The maximum absolute atomic E-state index is 10.9. The highest BCUT2D eigenvalue weighted by atomic mass is 35.5. The molecule has 0 radical (unpaired) electrons. The number of carboxylic acid groups (broad SMARTS) is 1. The van der Waals surface area contributed by atoms with E-state index in [0.29, 0.717) is 5.69 Å². The Hall–Kier alpha value is -1.82. The van der Waals surface area contributed by atoms with Crippen molar-refractivity contribution in [1.29, 1.82) is 0 Å². The number of non-ortho nitro benzene ring substituents is 1. The van der Waals surface area contributed by atoms with Crippen molar-refractivity contribution in [2.24, 2.45) is 0 Å². The molecule has 1 rings (SSSR count). The Labute approximate surface area is 115 Å². The minimum absolute atomic E-state index is 0.0324. The molecule has 0 amide bonds. The molecule has 1 unspecified atom stereocenters. The summed E-state index contributed by atoms with van der Waals surface area (Å²) in [5.41, 5.74) is 0.372. The topological polar surface area (TPSA) is 83.7 Å². The second-order valence-corrected chi connectivity index (χ2v) is 4.58. The van der Waals surface area contributed by atoms with E-state index in [1.54, 1.807) is 4.90 Å². The predicted molar refractivity (Wildman–Crippen MR) is 72.8 cm³/mol. The Bertz CT molecular complexity index is 493. The number of nitrogens with zero attached hydrogens (tertiary/aromatic N) is 2. The summed E-state index contributed by atoms with van der Waals surface area (Å²) < 4.78 is 0. The standard InChI is InChI=1S/C12H15ClN2O4/c1-3-8(2)14(7-12(16)17)11-5-4-9(15(18)19)6-10(11)13/h4-6,8H,3,7H2,1-2H3,(H,16,17). The van der Waals surface area contributed by atoms with Gasteiger partial charge in [-0.05, 0) is 19.4 Å². The first kappa shape index (κ1) is 15.2. The minimum atomic E-state index is -0.977. The molecule has 0 bridgehead atoms. The Morgan fingerprint density at radius 3 is 2.63 bits per heavy atom. The summed E-state index contributed by atoms with van der Waals surface area (Å²) in [7, 11) is 0. The van der Waals surface area contributed by atoms with E-state index < -0.39 is 10.9 Å². The fraction of sp³-hybridized carbons (Fsp3) is 0.417. The van der Waals surface area contributed by atoms with E-state index in [2.05, 4.69) is 0 Å². The second-order valence-electron chi connectivity index (χ2n) is 4.17. The van der Waals surface area contributed by atoms with E-state index in [9.17, 15) is 14.9 Å². The highest BCUT2D eigenvalue weighted by Gasteiger charge is 2.20. The van der Waals surface area contributed by atoms with Crippen molar-refractivity contribution in [2.75, 3.05) is 11.4 Å². The van der Waals surface area contributed by atoms with Crippen LogP contribution >= 0.6 is 11.6 Å². The van der Waals surface area contributed by atoms with Gasteiger partial charge in [0.15, 0.2) is 0 Å². The van der Waals surface area contributed by atoms with Gasteiger partial charge in [0.25, 0.3) is 5.69 Å². The number of carbonyl (C=O) groups is 1. The van der Waals surface area contributed by atoms with Gasteiger partial charge in [-0.15, -0.1) is 0 Å². The molecular formula is C12H15ClN2O4. The first-order chi connectivity index (χ1) is 8.86. The van der Waals surface area contributed by atoms with Gasteiger partial charge in [0, 0.05) is 18.2 Å². The van der Waals surface area contributed by atoms with E-state index in [1.807, 2.05) is 13.8 Å². The third-order valence-corrected chi connectivity index (χ3v) is 3.18. The van der Waals surface area contributed by atoms with Crippen LogP contribution in [0.5, 0.6) is 0 Å². The van der Waals surface area contributed by atoms with Crippen molar-refractivity contribution >= 4 is 28.9 Å². The highest BCUT2D eigenvalue weighted by molar-refractivity contribution is 6.33. The Morgan fingerprint density at radius 2 is 2.21 bits per heavy atom. The van der Waals surface area contributed by atoms with Gasteiger partial charge in [0.1, 0.15) is 6.54 Å². The molecule has 7 heteroatoms. The summed E-state index contributed by atoms with van der Waals surface area (Å²) in [6.45, 7) is 3.60. The molecule has 0 fully saturated rings. The maximum Gasteiger partial charge on any atom is 0.323 e. The summed E-state index contributed by atoms with van der Waals surface area (Å²) in [6, 6.07) is 4.00. The molecule has 0 aliphatic rings. The first-order valence-corrected chi connectivity index (χ1v) is 6.17. The normalized spacial score (nSPS) is 11.9. The zero-order valence-corrected chi connectivity index (χ0v) is 11.4. The smallest absolute Gasteiger partial charge is 0.323 e. The van der Waals surface area contributed by atoms with Crippen LogP contribution in [-0.4, -0.2) is 28.6 Å². The first-order valence-electron chi connectivity index (χ1n) is 5.79. The molecule has 6 nitrogen and oxygen atoms in total. The van der Waals surface area contributed by atoms with Crippen molar-refractivity contribution in [3.63, 3.8) is 0 Å². The van der Waals surface area contributed by atoms with E-state index in [4.69, 9.17) is 16.7 Å². The third kappa shape index (κ3) is 3.82. The van der Waals surface area contributed by atoms with Gasteiger partial charge in [0.05, 0.1) is 15.6 Å². The summed E-state index contributed by atoms with van der Waals surface area (Å²) in [5, 5.41) is 19.7. The molecule has 0 aromatic heterocycles. The van der Waals surface area contributed by atoms with Crippen molar-refractivity contribution in [3.8, 4) is 0 Å². The summed E-state index contributed by atoms with van der Waals surface area (Å²) >= 11 is 6.01. The Kier molecular flexibility index (Phi) is 5.11. The number of hydrogen-bond donors (Lipinski definition) is 1. The van der Waals surface area contributed by atoms with Gasteiger partial charge in [-0.25, -0.2) is 0 Å². The molecule has 0 aliphatic carbocycles. The van der Waals surface area contributed by atoms with Crippen LogP contribution in [0.4, 0.5) is 11.4 Å². The molecule has 19 heavy (non-hydrogen) atoms. The van der Waals surface area contributed by atoms with Crippen LogP contribution in [0.2, 0.25) is 5.02 Å². The van der Waals surface area contributed by atoms with Crippen LogP contribution in [0.3, 0.4) is 0 Å². The number of halogens is 1. The van der Waals surface area contributed by atoms with Gasteiger partial charge >= 0.3 is 5.97 Å².